The molecule has 7 nitrogen and oxygen atoms in total. The fraction of sp³-hybridized carbons (Fsp3) is 0.375. The molecule has 0 spiro atoms. The first-order valence-corrected chi connectivity index (χ1v) is 7.76. The van der Waals surface area contributed by atoms with E-state index in [1.165, 1.54) is 0 Å². The molecule has 1 aliphatic rings. The predicted octanol–water partition coefficient (Wildman–Crippen LogP) is 1.01. The average molecular weight is 315 g/mol. The number of hydrogen-bond acceptors (Lipinski definition) is 4. The highest BCUT2D eigenvalue weighted by molar-refractivity contribution is 5.91. The zero-order valence-electron chi connectivity index (χ0n) is 12.9. The second-order valence-corrected chi connectivity index (χ2v) is 5.45. The first-order chi connectivity index (χ1) is 11.3. The molecule has 1 aromatic carbocycles. The molecule has 7 heteroatoms. The summed E-state index contributed by atoms with van der Waals surface area (Å²) in [6.45, 7) is 3.72. The summed E-state index contributed by atoms with van der Waals surface area (Å²) in [5.74, 6) is 0. The van der Waals surface area contributed by atoms with Gasteiger partial charge in [-0.25, -0.2) is 9.48 Å². The highest BCUT2D eigenvalue weighted by Gasteiger charge is 2.21. The van der Waals surface area contributed by atoms with Crippen molar-refractivity contribution in [2.45, 2.75) is 0 Å². The molecule has 0 radical (unpaired) electrons. The minimum absolute atomic E-state index is 0.103. The number of rotatable bonds is 4. The summed E-state index contributed by atoms with van der Waals surface area (Å²) in [6, 6.07) is 9.34. The molecule has 0 bridgehead atoms. The number of piperazine rings is 1. The molecule has 1 aliphatic heterocycles. The molecule has 0 atom stereocenters. The molecule has 0 unspecified atom stereocenters. The first kappa shape index (κ1) is 15.5. The quantitative estimate of drug-likeness (QED) is 0.883. The topological polar surface area (TPSA) is 73.6 Å². The number of urea groups is 1. The van der Waals surface area contributed by atoms with E-state index in [-0.39, 0.29) is 12.6 Å². The van der Waals surface area contributed by atoms with Gasteiger partial charge >= 0.3 is 6.03 Å². The fourth-order valence-electron chi connectivity index (χ4n) is 2.70. The van der Waals surface area contributed by atoms with Crippen molar-refractivity contribution in [3.8, 4) is 5.69 Å². The third-order valence-electron chi connectivity index (χ3n) is 3.97. The summed E-state index contributed by atoms with van der Waals surface area (Å²) >= 11 is 0. The molecule has 2 aromatic rings. The number of β-amino-alcohol motifs (C(OH)–C–C–N with tert-alkyl or cyclic N) is 1. The number of nitrogens with one attached hydrogen (secondary N) is 1. The summed E-state index contributed by atoms with van der Waals surface area (Å²) in [4.78, 5) is 16.4. The van der Waals surface area contributed by atoms with Crippen LogP contribution in [0.2, 0.25) is 0 Å². The molecule has 0 saturated carbocycles. The summed E-state index contributed by atoms with van der Waals surface area (Å²) in [5, 5.41) is 16.2. The third kappa shape index (κ3) is 3.69. The standard InChI is InChI=1S/C16H21N5O2/c22-13-12-19-8-10-20(11-9-19)16(23)18-14-4-1-2-5-15(14)21-7-3-6-17-21/h1-7,22H,8-13H2,(H,18,23). The Kier molecular flexibility index (Phi) is 4.89. The number of anilines is 1. The van der Waals surface area contributed by atoms with E-state index in [9.17, 15) is 4.79 Å². The molecule has 122 valence electrons. The number of carbonyl (C=O) groups excluding carboxylic acids is 1. The van der Waals surface area contributed by atoms with Gasteiger partial charge in [0.15, 0.2) is 0 Å². The second-order valence-electron chi connectivity index (χ2n) is 5.45. The van der Waals surface area contributed by atoms with E-state index in [1.807, 2.05) is 36.5 Å². The molecule has 2 amide bonds. The van der Waals surface area contributed by atoms with Crippen LogP contribution in [0.4, 0.5) is 10.5 Å². The summed E-state index contributed by atoms with van der Waals surface area (Å²) in [7, 11) is 0. The third-order valence-corrected chi connectivity index (χ3v) is 3.97. The van der Waals surface area contributed by atoms with Gasteiger partial charge in [0.2, 0.25) is 0 Å². The largest absolute Gasteiger partial charge is 0.395 e. The molecule has 23 heavy (non-hydrogen) atoms. The lowest BCUT2D eigenvalue weighted by Crippen LogP contribution is -2.50. The van der Waals surface area contributed by atoms with Crippen LogP contribution in [0.1, 0.15) is 0 Å². The van der Waals surface area contributed by atoms with Crippen molar-refractivity contribution < 1.29 is 9.90 Å². The first-order valence-electron chi connectivity index (χ1n) is 7.76. The van der Waals surface area contributed by atoms with E-state index < -0.39 is 0 Å². The van der Waals surface area contributed by atoms with Crippen LogP contribution in [-0.2, 0) is 0 Å². The highest BCUT2D eigenvalue weighted by atomic mass is 16.3. The highest BCUT2D eigenvalue weighted by Crippen LogP contribution is 2.19. The van der Waals surface area contributed by atoms with E-state index in [0.29, 0.717) is 19.6 Å². The Balaban J connectivity index is 1.65. The van der Waals surface area contributed by atoms with Crippen LogP contribution in [0, 0.1) is 0 Å². The SMILES string of the molecule is O=C(Nc1ccccc1-n1cccn1)N1CCN(CCO)CC1. The number of amides is 2. The van der Waals surface area contributed by atoms with Gasteiger partial charge in [0, 0.05) is 45.1 Å². The maximum atomic E-state index is 12.5. The number of benzene rings is 1. The smallest absolute Gasteiger partial charge is 0.321 e. The van der Waals surface area contributed by atoms with Crippen molar-refractivity contribution >= 4 is 11.7 Å². The Bertz CT molecular complexity index is 636. The van der Waals surface area contributed by atoms with Gasteiger partial charge in [0.1, 0.15) is 0 Å². The van der Waals surface area contributed by atoms with Gasteiger partial charge in [-0.1, -0.05) is 12.1 Å². The van der Waals surface area contributed by atoms with Crippen LogP contribution >= 0.6 is 0 Å². The van der Waals surface area contributed by atoms with Crippen LogP contribution in [0.25, 0.3) is 5.69 Å². The number of aromatic nitrogens is 2. The molecular weight excluding hydrogens is 294 g/mol. The summed E-state index contributed by atoms with van der Waals surface area (Å²) in [6.07, 6.45) is 3.55. The van der Waals surface area contributed by atoms with Crippen LogP contribution in [0.15, 0.2) is 42.7 Å². The predicted molar refractivity (Wildman–Crippen MR) is 87.7 cm³/mol. The Morgan fingerprint density at radius 2 is 1.96 bits per heavy atom. The normalized spacial score (nSPS) is 15.6. The zero-order valence-corrected chi connectivity index (χ0v) is 12.9. The van der Waals surface area contributed by atoms with Crippen molar-refractivity contribution in [1.29, 1.82) is 0 Å². The molecular formula is C16H21N5O2. The van der Waals surface area contributed by atoms with E-state index in [0.717, 1.165) is 24.5 Å². The number of carbonyl (C=O) groups is 1. The zero-order chi connectivity index (χ0) is 16.1. The minimum atomic E-state index is -0.103. The lowest BCUT2D eigenvalue weighted by Gasteiger charge is -2.34. The van der Waals surface area contributed by atoms with E-state index in [1.54, 1.807) is 15.8 Å². The molecule has 3 rings (SSSR count). The van der Waals surface area contributed by atoms with E-state index >= 15 is 0 Å². The monoisotopic (exact) mass is 315 g/mol. The van der Waals surface area contributed by atoms with Crippen molar-refractivity contribution in [2.24, 2.45) is 0 Å². The summed E-state index contributed by atoms with van der Waals surface area (Å²) in [5.41, 5.74) is 1.57. The number of nitrogens with zero attached hydrogens (tertiary/aromatic N) is 4. The van der Waals surface area contributed by atoms with Crippen LogP contribution in [0.5, 0.6) is 0 Å². The lowest BCUT2D eigenvalue weighted by molar-refractivity contribution is 0.127. The van der Waals surface area contributed by atoms with Gasteiger partial charge < -0.3 is 15.3 Å². The molecule has 1 fully saturated rings. The maximum Gasteiger partial charge on any atom is 0.321 e. The number of aliphatic hydroxyl groups excluding tert-OH is 1. The van der Waals surface area contributed by atoms with Gasteiger partial charge in [0.25, 0.3) is 0 Å². The van der Waals surface area contributed by atoms with Crippen LogP contribution in [-0.4, -0.2) is 70.0 Å². The van der Waals surface area contributed by atoms with Gasteiger partial charge in [-0.2, -0.15) is 5.10 Å². The minimum Gasteiger partial charge on any atom is -0.395 e. The van der Waals surface area contributed by atoms with Gasteiger partial charge in [-0.05, 0) is 18.2 Å². The molecule has 2 N–H and O–H groups in total. The van der Waals surface area contributed by atoms with Crippen molar-refractivity contribution in [2.75, 3.05) is 44.6 Å². The fourth-order valence-corrected chi connectivity index (χ4v) is 2.70. The van der Waals surface area contributed by atoms with Crippen LogP contribution in [0.3, 0.4) is 0 Å². The van der Waals surface area contributed by atoms with Crippen LogP contribution < -0.4 is 5.32 Å². The second kappa shape index (κ2) is 7.26. The van der Waals surface area contributed by atoms with E-state index in [2.05, 4.69) is 15.3 Å². The van der Waals surface area contributed by atoms with Gasteiger partial charge in [-0.3, -0.25) is 4.90 Å². The average Bonchev–Trinajstić information content (AvgIpc) is 3.10. The van der Waals surface area contributed by atoms with Crippen molar-refractivity contribution in [1.82, 2.24) is 19.6 Å². The van der Waals surface area contributed by atoms with Crippen molar-refractivity contribution in [3.63, 3.8) is 0 Å². The Labute approximate surface area is 135 Å². The molecule has 0 aliphatic carbocycles. The van der Waals surface area contributed by atoms with Crippen molar-refractivity contribution in [3.05, 3.63) is 42.7 Å². The number of hydrogen-bond donors (Lipinski definition) is 2. The number of aliphatic hydroxyl groups is 1. The van der Waals surface area contributed by atoms with Gasteiger partial charge in [0.05, 0.1) is 18.0 Å². The molecule has 1 saturated heterocycles. The summed E-state index contributed by atoms with van der Waals surface area (Å²) < 4.78 is 1.73. The molecule has 1 aromatic heterocycles. The molecule has 2 heterocycles. The number of para-hydroxylation sites is 2. The lowest BCUT2D eigenvalue weighted by atomic mass is 10.2. The van der Waals surface area contributed by atoms with Gasteiger partial charge in [-0.15, -0.1) is 0 Å². The Morgan fingerprint density at radius 3 is 2.65 bits per heavy atom. The Hall–Kier alpha value is -2.38. The maximum absolute atomic E-state index is 12.5. The Morgan fingerprint density at radius 1 is 1.17 bits per heavy atom. The van der Waals surface area contributed by atoms with E-state index in [4.69, 9.17) is 5.11 Å².